The Morgan fingerprint density at radius 2 is 1.38 bits per heavy atom. The van der Waals surface area contributed by atoms with Gasteiger partial charge >= 0.3 is 23.9 Å². The van der Waals surface area contributed by atoms with E-state index in [1.165, 1.54) is 0 Å². The van der Waals surface area contributed by atoms with Crippen LogP contribution in [0.4, 0.5) is 0 Å². The van der Waals surface area contributed by atoms with Gasteiger partial charge in [0.25, 0.3) is 0 Å². The second kappa shape index (κ2) is 19.2. The molecular formula is C30H47NO8. The van der Waals surface area contributed by atoms with Gasteiger partial charge in [-0.25, -0.2) is 0 Å². The van der Waals surface area contributed by atoms with Crippen molar-refractivity contribution in [2.75, 3.05) is 6.61 Å². The lowest BCUT2D eigenvalue weighted by Gasteiger charge is -2.18. The van der Waals surface area contributed by atoms with Crippen LogP contribution >= 0.6 is 0 Å². The molecule has 0 aromatic heterocycles. The number of carbonyl (C=O) groups is 4. The van der Waals surface area contributed by atoms with E-state index in [4.69, 9.17) is 24.7 Å². The summed E-state index contributed by atoms with van der Waals surface area (Å²) in [6.45, 7) is 9.71. The lowest BCUT2D eigenvalue weighted by atomic mass is 10.1. The van der Waals surface area contributed by atoms with Gasteiger partial charge in [-0.1, -0.05) is 59.4 Å². The molecule has 1 rings (SSSR count). The highest BCUT2D eigenvalue weighted by atomic mass is 16.6. The fourth-order valence-corrected chi connectivity index (χ4v) is 3.58. The first-order valence-electron chi connectivity index (χ1n) is 14.2. The molecule has 0 radical (unpaired) electrons. The first-order valence-corrected chi connectivity index (χ1v) is 14.2. The van der Waals surface area contributed by atoms with Crippen molar-refractivity contribution in [2.24, 2.45) is 11.7 Å². The fourth-order valence-electron chi connectivity index (χ4n) is 3.58. The average molecular weight is 550 g/mol. The maximum absolute atomic E-state index is 12.5. The van der Waals surface area contributed by atoms with Gasteiger partial charge in [0.2, 0.25) is 0 Å². The van der Waals surface area contributed by atoms with Crippen LogP contribution in [0.3, 0.4) is 0 Å². The van der Waals surface area contributed by atoms with Crippen molar-refractivity contribution in [3.8, 4) is 11.5 Å². The zero-order valence-electron chi connectivity index (χ0n) is 24.3. The second-order valence-electron chi connectivity index (χ2n) is 10.3. The normalized spacial score (nSPS) is 12.5. The molecular weight excluding hydrogens is 502 g/mol. The van der Waals surface area contributed by atoms with Crippen molar-refractivity contribution < 1.29 is 38.1 Å². The third kappa shape index (κ3) is 15.3. The van der Waals surface area contributed by atoms with Crippen LogP contribution in [0.2, 0.25) is 0 Å². The van der Waals surface area contributed by atoms with Crippen LogP contribution in [0.1, 0.15) is 104 Å². The molecule has 0 heterocycles. The molecule has 9 heteroatoms. The number of hydrogen-bond acceptors (Lipinski definition) is 9. The van der Waals surface area contributed by atoms with E-state index < -0.39 is 30.1 Å². The Morgan fingerprint density at radius 1 is 0.795 bits per heavy atom. The number of unbranched alkanes of at least 4 members (excludes halogenated alkanes) is 4. The van der Waals surface area contributed by atoms with Crippen molar-refractivity contribution >= 4 is 23.9 Å². The second-order valence-corrected chi connectivity index (χ2v) is 10.3. The zero-order valence-corrected chi connectivity index (χ0v) is 24.3. The SMILES string of the molecule is CCCCCC(=O)Oc1ccc(C[C@H](N)C(=O)O[C@@H](C)COC(=O)CCC(C)C)cc1OC(=O)CCCCC. The molecule has 0 aliphatic carbocycles. The zero-order chi connectivity index (χ0) is 29.2. The van der Waals surface area contributed by atoms with Crippen molar-refractivity contribution in [3.63, 3.8) is 0 Å². The molecule has 0 amide bonds. The molecule has 0 saturated carbocycles. The molecule has 2 atom stereocenters. The highest BCUT2D eigenvalue weighted by Crippen LogP contribution is 2.30. The molecule has 0 saturated heterocycles. The minimum Gasteiger partial charge on any atom is -0.462 e. The van der Waals surface area contributed by atoms with Gasteiger partial charge in [0, 0.05) is 19.3 Å². The summed E-state index contributed by atoms with van der Waals surface area (Å²) in [6.07, 6.45) is 6.18. The molecule has 0 bridgehead atoms. The van der Waals surface area contributed by atoms with Crippen LogP contribution < -0.4 is 15.2 Å². The number of nitrogens with two attached hydrogens (primary N) is 1. The lowest BCUT2D eigenvalue weighted by Crippen LogP contribution is -2.37. The minimum absolute atomic E-state index is 0.0498. The fraction of sp³-hybridized carbons (Fsp3) is 0.667. The van der Waals surface area contributed by atoms with Gasteiger partial charge in [-0.3, -0.25) is 19.2 Å². The Kier molecular flexibility index (Phi) is 16.8. The molecule has 0 aliphatic rings. The van der Waals surface area contributed by atoms with E-state index in [1.54, 1.807) is 25.1 Å². The predicted octanol–water partition coefficient (Wildman–Crippen LogP) is 5.44. The molecule has 39 heavy (non-hydrogen) atoms. The van der Waals surface area contributed by atoms with Gasteiger partial charge < -0.3 is 24.7 Å². The average Bonchev–Trinajstić information content (AvgIpc) is 2.88. The Bertz CT molecular complexity index is 914. The van der Waals surface area contributed by atoms with Crippen molar-refractivity contribution in [1.82, 2.24) is 0 Å². The summed E-state index contributed by atoms with van der Waals surface area (Å²) < 4.78 is 21.5. The predicted molar refractivity (Wildman–Crippen MR) is 148 cm³/mol. The Balaban J connectivity index is 2.80. The number of carbonyl (C=O) groups excluding carboxylic acids is 4. The van der Waals surface area contributed by atoms with E-state index >= 15 is 0 Å². The van der Waals surface area contributed by atoms with Gasteiger partial charge in [0.15, 0.2) is 11.5 Å². The lowest BCUT2D eigenvalue weighted by molar-refractivity contribution is -0.159. The standard InChI is InChI=1S/C30H47NO8/c1-6-8-10-12-28(33)38-25-16-15-23(19-26(25)39-29(34)13-11-9-7-2)18-24(31)30(35)37-22(5)20-36-27(32)17-14-21(3)4/h15-16,19,21-22,24H,6-14,17-18,20,31H2,1-5H3/t22-,24-/m0/s1. The summed E-state index contributed by atoms with van der Waals surface area (Å²) in [5.74, 6) is -1.16. The van der Waals surface area contributed by atoms with Crippen molar-refractivity contribution in [2.45, 2.75) is 117 Å². The highest BCUT2D eigenvalue weighted by Gasteiger charge is 2.21. The van der Waals surface area contributed by atoms with Crippen LogP contribution in [0, 0.1) is 5.92 Å². The van der Waals surface area contributed by atoms with E-state index in [9.17, 15) is 19.2 Å². The summed E-state index contributed by atoms with van der Waals surface area (Å²) in [4.78, 5) is 49.0. The summed E-state index contributed by atoms with van der Waals surface area (Å²) >= 11 is 0. The molecule has 2 N–H and O–H groups in total. The third-order valence-electron chi connectivity index (χ3n) is 5.91. The van der Waals surface area contributed by atoms with Crippen LogP contribution in [-0.4, -0.2) is 42.6 Å². The maximum atomic E-state index is 12.5. The maximum Gasteiger partial charge on any atom is 0.323 e. The van der Waals surface area contributed by atoms with Crippen molar-refractivity contribution in [3.05, 3.63) is 23.8 Å². The molecule has 0 unspecified atom stereocenters. The van der Waals surface area contributed by atoms with E-state index in [1.807, 2.05) is 27.7 Å². The summed E-state index contributed by atoms with van der Waals surface area (Å²) in [5.41, 5.74) is 6.68. The van der Waals surface area contributed by atoms with Gasteiger partial charge in [0.05, 0.1) is 0 Å². The molecule has 1 aromatic carbocycles. The van der Waals surface area contributed by atoms with Crippen LogP contribution in [0.5, 0.6) is 11.5 Å². The van der Waals surface area contributed by atoms with Gasteiger partial charge in [0.1, 0.15) is 18.8 Å². The monoisotopic (exact) mass is 549 g/mol. The molecule has 0 aliphatic heterocycles. The van der Waals surface area contributed by atoms with Gasteiger partial charge in [-0.2, -0.15) is 0 Å². The van der Waals surface area contributed by atoms with Crippen LogP contribution in [0.25, 0.3) is 0 Å². The Labute approximate surface area is 233 Å². The minimum atomic E-state index is -1.00. The van der Waals surface area contributed by atoms with Crippen LogP contribution in [-0.2, 0) is 35.1 Å². The van der Waals surface area contributed by atoms with E-state index in [0.29, 0.717) is 30.7 Å². The topological polar surface area (TPSA) is 131 Å². The molecule has 9 nitrogen and oxygen atoms in total. The summed E-state index contributed by atoms with van der Waals surface area (Å²) in [5, 5.41) is 0. The largest absolute Gasteiger partial charge is 0.462 e. The van der Waals surface area contributed by atoms with E-state index in [0.717, 1.165) is 32.1 Å². The van der Waals surface area contributed by atoms with E-state index in [2.05, 4.69) is 0 Å². The number of rotatable bonds is 19. The summed E-state index contributed by atoms with van der Waals surface area (Å²) in [7, 11) is 0. The van der Waals surface area contributed by atoms with E-state index in [-0.39, 0.29) is 43.3 Å². The Hall–Kier alpha value is -2.94. The first-order chi connectivity index (χ1) is 18.5. The molecule has 220 valence electrons. The number of benzene rings is 1. The first kappa shape index (κ1) is 34.1. The summed E-state index contributed by atoms with van der Waals surface area (Å²) in [6, 6.07) is 3.76. The third-order valence-corrected chi connectivity index (χ3v) is 5.91. The van der Waals surface area contributed by atoms with Gasteiger partial charge in [-0.05, 0) is 56.2 Å². The smallest absolute Gasteiger partial charge is 0.323 e. The quantitative estimate of drug-likeness (QED) is 0.136. The highest BCUT2D eigenvalue weighted by molar-refractivity contribution is 5.77. The van der Waals surface area contributed by atoms with Crippen molar-refractivity contribution in [1.29, 1.82) is 0 Å². The number of esters is 4. The Morgan fingerprint density at radius 3 is 1.95 bits per heavy atom. The molecule has 0 spiro atoms. The number of ether oxygens (including phenoxy) is 4. The van der Waals surface area contributed by atoms with Crippen LogP contribution in [0.15, 0.2) is 18.2 Å². The molecule has 0 fully saturated rings. The number of hydrogen-bond donors (Lipinski definition) is 1. The molecule has 1 aromatic rings. The van der Waals surface area contributed by atoms with Gasteiger partial charge in [-0.15, -0.1) is 0 Å².